The summed E-state index contributed by atoms with van der Waals surface area (Å²) in [6, 6.07) is 0. The van der Waals surface area contributed by atoms with Gasteiger partial charge in [-0.3, -0.25) is 4.79 Å². The first-order chi connectivity index (χ1) is 8.22. The van der Waals surface area contributed by atoms with Gasteiger partial charge in [0.05, 0.1) is 0 Å². The molecule has 0 saturated heterocycles. The molecule has 0 aliphatic carbocycles. The molecule has 0 aliphatic heterocycles. The summed E-state index contributed by atoms with van der Waals surface area (Å²) >= 11 is 1.06. The highest BCUT2D eigenvalue weighted by Crippen LogP contribution is 2.16. The fourth-order valence-electron chi connectivity index (χ4n) is 1.40. The summed E-state index contributed by atoms with van der Waals surface area (Å²) in [4.78, 5) is 10.3. The Kier molecular flexibility index (Phi) is 6.69. The lowest BCUT2D eigenvalue weighted by Gasteiger charge is -1.96. The van der Waals surface area contributed by atoms with E-state index in [1.165, 1.54) is 25.7 Å². The zero-order chi connectivity index (χ0) is 12.5. The van der Waals surface area contributed by atoms with Gasteiger partial charge in [-0.05, 0) is 6.42 Å². The number of hydrogen-bond acceptors (Lipinski definition) is 5. The van der Waals surface area contributed by atoms with Crippen molar-refractivity contribution in [2.75, 3.05) is 5.75 Å². The first kappa shape index (κ1) is 14.0. The third-order valence-corrected chi connectivity index (χ3v) is 3.06. The number of carbonyl (C=O) groups is 1. The van der Waals surface area contributed by atoms with E-state index in [1.807, 2.05) is 0 Å². The monoisotopic (exact) mass is 258 g/mol. The molecule has 0 bridgehead atoms. The van der Waals surface area contributed by atoms with Gasteiger partial charge in [0.1, 0.15) is 5.75 Å². The molecule has 0 fully saturated rings. The minimum Gasteiger partial charge on any atom is -0.481 e. The van der Waals surface area contributed by atoms with Gasteiger partial charge in [-0.1, -0.05) is 44.4 Å². The number of aliphatic carboxylic acids is 1. The Balaban J connectivity index is 2.19. The summed E-state index contributed by atoms with van der Waals surface area (Å²) in [7, 11) is 0. The predicted molar refractivity (Wildman–Crippen MR) is 65.1 cm³/mol. The molecule has 1 aromatic heterocycles. The summed E-state index contributed by atoms with van der Waals surface area (Å²) < 4.78 is 5.32. The zero-order valence-corrected chi connectivity index (χ0v) is 10.8. The molecule has 1 heterocycles. The van der Waals surface area contributed by atoms with Crippen LogP contribution in [-0.2, 0) is 11.2 Å². The van der Waals surface area contributed by atoms with E-state index in [0.717, 1.165) is 24.6 Å². The Bertz CT molecular complexity index is 341. The Morgan fingerprint density at radius 1 is 1.29 bits per heavy atom. The van der Waals surface area contributed by atoms with Crippen LogP contribution in [0, 0.1) is 0 Å². The van der Waals surface area contributed by atoms with Crippen molar-refractivity contribution >= 4 is 17.7 Å². The van der Waals surface area contributed by atoms with Crippen LogP contribution in [0.2, 0.25) is 0 Å². The van der Waals surface area contributed by atoms with E-state index in [1.54, 1.807) is 0 Å². The van der Waals surface area contributed by atoms with E-state index in [9.17, 15) is 4.79 Å². The molecule has 0 aliphatic rings. The van der Waals surface area contributed by atoms with Crippen molar-refractivity contribution in [3.05, 3.63) is 5.89 Å². The highest BCUT2D eigenvalue weighted by atomic mass is 32.2. The smallest absolute Gasteiger partial charge is 0.314 e. The van der Waals surface area contributed by atoms with E-state index in [-0.39, 0.29) is 5.75 Å². The SMILES string of the molecule is CCCCCCCc1nnc(SCC(=O)O)o1. The maximum atomic E-state index is 10.3. The lowest BCUT2D eigenvalue weighted by atomic mass is 10.1. The number of unbranched alkanes of at least 4 members (excludes halogenated alkanes) is 4. The van der Waals surface area contributed by atoms with Crippen LogP contribution in [0.1, 0.15) is 44.9 Å². The van der Waals surface area contributed by atoms with Crippen molar-refractivity contribution in [1.82, 2.24) is 10.2 Å². The van der Waals surface area contributed by atoms with Crippen molar-refractivity contribution in [1.29, 1.82) is 0 Å². The van der Waals surface area contributed by atoms with Crippen LogP contribution in [0.25, 0.3) is 0 Å². The molecule has 0 amide bonds. The van der Waals surface area contributed by atoms with Crippen LogP contribution in [0.3, 0.4) is 0 Å². The zero-order valence-electron chi connectivity index (χ0n) is 10.0. The fraction of sp³-hybridized carbons (Fsp3) is 0.727. The van der Waals surface area contributed by atoms with Crippen LogP contribution in [-0.4, -0.2) is 27.0 Å². The third-order valence-electron chi connectivity index (χ3n) is 2.26. The molecule has 0 atom stereocenters. The van der Waals surface area contributed by atoms with Gasteiger partial charge in [0.2, 0.25) is 5.89 Å². The number of carboxylic acids is 1. The molecule has 1 rings (SSSR count). The molecule has 1 aromatic rings. The molecule has 0 spiro atoms. The first-order valence-corrected chi connectivity index (χ1v) is 6.88. The second-order valence-corrected chi connectivity index (χ2v) is 4.73. The van der Waals surface area contributed by atoms with Crippen molar-refractivity contribution in [2.45, 2.75) is 50.7 Å². The van der Waals surface area contributed by atoms with Gasteiger partial charge in [0.25, 0.3) is 5.22 Å². The Hall–Kier alpha value is -1.04. The largest absolute Gasteiger partial charge is 0.481 e. The molecule has 0 radical (unpaired) electrons. The van der Waals surface area contributed by atoms with Crippen molar-refractivity contribution in [3.8, 4) is 0 Å². The topological polar surface area (TPSA) is 76.2 Å². The molecule has 0 aromatic carbocycles. The van der Waals surface area contributed by atoms with E-state index in [0.29, 0.717) is 11.1 Å². The molecule has 1 N–H and O–H groups in total. The van der Waals surface area contributed by atoms with Crippen LogP contribution in [0.15, 0.2) is 9.64 Å². The molecule has 6 heteroatoms. The maximum Gasteiger partial charge on any atom is 0.314 e. The predicted octanol–water partition coefficient (Wildman–Crippen LogP) is 2.76. The molecule has 17 heavy (non-hydrogen) atoms. The first-order valence-electron chi connectivity index (χ1n) is 5.89. The number of aryl methyl sites for hydroxylation is 1. The van der Waals surface area contributed by atoms with E-state index in [4.69, 9.17) is 9.52 Å². The highest BCUT2D eigenvalue weighted by Gasteiger charge is 2.08. The summed E-state index contributed by atoms with van der Waals surface area (Å²) in [6.45, 7) is 2.18. The van der Waals surface area contributed by atoms with Gasteiger partial charge in [-0.15, -0.1) is 10.2 Å². The molecule has 96 valence electrons. The van der Waals surface area contributed by atoms with Crippen LogP contribution in [0.5, 0.6) is 0 Å². The molecule has 0 unspecified atom stereocenters. The van der Waals surface area contributed by atoms with E-state index in [2.05, 4.69) is 17.1 Å². The van der Waals surface area contributed by atoms with Gasteiger partial charge in [0.15, 0.2) is 0 Å². The van der Waals surface area contributed by atoms with Gasteiger partial charge in [-0.2, -0.15) is 0 Å². The Labute approximate surface area is 105 Å². The fourth-order valence-corrected chi connectivity index (χ4v) is 1.90. The summed E-state index contributed by atoms with van der Waals surface area (Å²) in [6.07, 6.45) is 6.74. The number of carboxylic acid groups (broad SMARTS) is 1. The molecule has 5 nitrogen and oxygen atoms in total. The number of hydrogen-bond donors (Lipinski definition) is 1. The lowest BCUT2D eigenvalue weighted by molar-refractivity contribution is -0.133. The maximum absolute atomic E-state index is 10.3. The quantitative estimate of drug-likeness (QED) is 0.542. The average molecular weight is 258 g/mol. The number of nitrogens with zero attached hydrogens (tertiary/aromatic N) is 2. The van der Waals surface area contributed by atoms with E-state index >= 15 is 0 Å². The van der Waals surface area contributed by atoms with Crippen LogP contribution >= 0.6 is 11.8 Å². The van der Waals surface area contributed by atoms with Crippen LogP contribution in [0.4, 0.5) is 0 Å². The van der Waals surface area contributed by atoms with E-state index < -0.39 is 5.97 Å². The third kappa shape index (κ3) is 6.31. The molecular formula is C11H18N2O3S. The van der Waals surface area contributed by atoms with Crippen molar-refractivity contribution in [2.24, 2.45) is 0 Å². The number of rotatable bonds is 9. The van der Waals surface area contributed by atoms with Crippen molar-refractivity contribution < 1.29 is 14.3 Å². The highest BCUT2D eigenvalue weighted by molar-refractivity contribution is 7.99. The van der Waals surface area contributed by atoms with Gasteiger partial charge < -0.3 is 9.52 Å². The minimum atomic E-state index is -0.880. The minimum absolute atomic E-state index is 0.0435. The average Bonchev–Trinajstić information content (AvgIpc) is 2.74. The Morgan fingerprint density at radius 3 is 2.76 bits per heavy atom. The number of aromatic nitrogens is 2. The van der Waals surface area contributed by atoms with Gasteiger partial charge in [-0.25, -0.2) is 0 Å². The normalized spacial score (nSPS) is 10.6. The lowest BCUT2D eigenvalue weighted by Crippen LogP contribution is -1.97. The molecular weight excluding hydrogens is 240 g/mol. The summed E-state index contributed by atoms with van der Waals surface area (Å²) in [5, 5.41) is 16.5. The molecule has 0 saturated carbocycles. The van der Waals surface area contributed by atoms with Gasteiger partial charge in [0, 0.05) is 6.42 Å². The van der Waals surface area contributed by atoms with Gasteiger partial charge >= 0.3 is 5.97 Å². The summed E-state index contributed by atoms with van der Waals surface area (Å²) in [5.74, 6) is -0.318. The second-order valence-electron chi connectivity index (χ2n) is 3.81. The number of thioether (sulfide) groups is 1. The summed E-state index contributed by atoms with van der Waals surface area (Å²) in [5.41, 5.74) is 0. The second kappa shape index (κ2) is 8.11. The van der Waals surface area contributed by atoms with Crippen molar-refractivity contribution in [3.63, 3.8) is 0 Å². The Morgan fingerprint density at radius 2 is 2.06 bits per heavy atom. The van der Waals surface area contributed by atoms with Crippen LogP contribution < -0.4 is 0 Å². The standard InChI is InChI=1S/C11H18N2O3S/c1-2-3-4-5-6-7-9-12-13-11(16-9)17-8-10(14)15/h2-8H2,1H3,(H,14,15).